The van der Waals surface area contributed by atoms with Gasteiger partial charge in [-0.2, -0.15) is 0 Å². The Kier molecular flexibility index (Phi) is 4.38. The molecular weight excluding hydrogens is 304 g/mol. The van der Waals surface area contributed by atoms with E-state index in [4.69, 9.17) is 0 Å². The minimum atomic E-state index is -0.792. The van der Waals surface area contributed by atoms with Crippen molar-refractivity contribution in [2.75, 3.05) is 0 Å². The molecule has 0 aliphatic rings. The molecule has 0 saturated heterocycles. The summed E-state index contributed by atoms with van der Waals surface area (Å²) in [6, 6.07) is 15.5. The molecule has 0 aliphatic heterocycles. The van der Waals surface area contributed by atoms with E-state index in [1.165, 1.54) is 0 Å². The third kappa shape index (κ3) is 3.67. The van der Waals surface area contributed by atoms with Gasteiger partial charge in [0.05, 0.1) is 5.92 Å². The van der Waals surface area contributed by atoms with E-state index in [1.807, 2.05) is 55.5 Å². The largest absolute Gasteiger partial charge is 0.481 e. The van der Waals surface area contributed by atoms with Crippen LogP contribution in [0.1, 0.15) is 22.6 Å². The van der Waals surface area contributed by atoms with E-state index < -0.39 is 11.9 Å². The van der Waals surface area contributed by atoms with Gasteiger partial charge in [-0.1, -0.05) is 57.9 Å². The summed E-state index contributed by atoms with van der Waals surface area (Å²) in [4.78, 5) is 11.5. The minimum Gasteiger partial charge on any atom is -0.481 e. The summed E-state index contributed by atoms with van der Waals surface area (Å²) in [6.45, 7) is 2.01. The van der Waals surface area contributed by atoms with Crippen LogP contribution in [-0.2, 0) is 11.2 Å². The smallest absolute Gasteiger partial charge is 0.311 e. The highest BCUT2D eigenvalue weighted by molar-refractivity contribution is 9.10. The van der Waals surface area contributed by atoms with E-state index in [1.54, 1.807) is 0 Å². The Morgan fingerprint density at radius 3 is 2.58 bits per heavy atom. The SMILES string of the molecule is Cc1cccc(CC(C(=O)O)c2cccc(Br)c2)c1. The standard InChI is InChI=1S/C16H15BrO2/c1-11-4-2-5-12(8-11)9-15(16(18)19)13-6-3-7-14(17)10-13/h2-8,10,15H,9H2,1H3,(H,18,19). The van der Waals surface area contributed by atoms with Gasteiger partial charge in [0.2, 0.25) is 0 Å². The van der Waals surface area contributed by atoms with Crippen LogP contribution in [0.4, 0.5) is 0 Å². The first-order chi connectivity index (χ1) is 9.06. The number of hydrogen-bond donors (Lipinski definition) is 1. The van der Waals surface area contributed by atoms with Crippen molar-refractivity contribution >= 4 is 21.9 Å². The summed E-state index contributed by atoms with van der Waals surface area (Å²) < 4.78 is 0.903. The van der Waals surface area contributed by atoms with Gasteiger partial charge in [-0.15, -0.1) is 0 Å². The lowest BCUT2D eigenvalue weighted by atomic mass is 9.91. The molecule has 2 aromatic carbocycles. The molecule has 1 atom stereocenters. The second-order valence-corrected chi connectivity index (χ2v) is 5.55. The first-order valence-electron chi connectivity index (χ1n) is 6.10. The third-order valence-corrected chi connectivity index (χ3v) is 3.56. The highest BCUT2D eigenvalue weighted by Gasteiger charge is 2.20. The van der Waals surface area contributed by atoms with Gasteiger partial charge in [-0.05, 0) is 36.6 Å². The quantitative estimate of drug-likeness (QED) is 0.918. The van der Waals surface area contributed by atoms with Crippen molar-refractivity contribution in [1.29, 1.82) is 0 Å². The molecule has 0 radical (unpaired) electrons. The van der Waals surface area contributed by atoms with Gasteiger partial charge in [-0.25, -0.2) is 0 Å². The Morgan fingerprint density at radius 1 is 1.21 bits per heavy atom. The molecule has 1 N–H and O–H groups in total. The number of carboxylic acid groups (broad SMARTS) is 1. The van der Waals surface area contributed by atoms with Crippen molar-refractivity contribution in [1.82, 2.24) is 0 Å². The van der Waals surface area contributed by atoms with Crippen molar-refractivity contribution in [3.8, 4) is 0 Å². The van der Waals surface area contributed by atoms with E-state index in [0.29, 0.717) is 6.42 Å². The van der Waals surface area contributed by atoms with Crippen LogP contribution in [-0.4, -0.2) is 11.1 Å². The summed E-state index contributed by atoms with van der Waals surface area (Å²) >= 11 is 3.38. The van der Waals surface area contributed by atoms with Gasteiger partial charge >= 0.3 is 5.97 Å². The van der Waals surface area contributed by atoms with Crippen molar-refractivity contribution in [3.05, 3.63) is 69.7 Å². The van der Waals surface area contributed by atoms with Crippen LogP contribution >= 0.6 is 15.9 Å². The second-order valence-electron chi connectivity index (χ2n) is 4.64. The first-order valence-corrected chi connectivity index (χ1v) is 6.89. The van der Waals surface area contributed by atoms with Crippen LogP contribution in [0.5, 0.6) is 0 Å². The molecule has 0 spiro atoms. The van der Waals surface area contributed by atoms with E-state index in [2.05, 4.69) is 15.9 Å². The van der Waals surface area contributed by atoms with Gasteiger partial charge < -0.3 is 5.11 Å². The van der Waals surface area contributed by atoms with Crippen molar-refractivity contribution in [2.24, 2.45) is 0 Å². The predicted molar refractivity (Wildman–Crippen MR) is 79.4 cm³/mol. The number of aryl methyl sites for hydroxylation is 1. The normalized spacial score (nSPS) is 12.1. The molecule has 0 aliphatic carbocycles. The summed E-state index contributed by atoms with van der Waals surface area (Å²) in [5.41, 5.74) is 3.02. The molecule has 3 heteroatoms. The molecule has 2 aromatic rings. The molecule has 1 unspecified atom stereocenters. The molecule has 0 saturated carbocycles. The number of carboxylic acids is 1. The molecular formula is C16H15BrO2. The zero-order valence-corrected chi connectivity index (χ0v) is 12.2. The Morgan fingerprint density at radius 2 is 1.95 bits per heavy atom. The molecule has 0 bridgehead atoms. The Balaban J connectivity index is 2.29. The van der Waals surface area contributed by atoms with E-state index >= 15 is 0 Å². The van der Waals surface area contributed by atoms with E-state index in [0.717, 1.165) is 21.2 Å². The molecule has 2 nitrogen and oxygen atoms in total. The topological polar surface area (TPSA) is 37.3 Å². The zero-order chi connectivity index (χ0) is 13.8. The van der Waals surface area contributed by atoms with Crippen LogP contribution in [0, 0.1) is 6.92 Å². The monoisotopic (exact) mass is 318 g/mol. The Hall–Kier alpha value is -1.61. The minimum absolute atomic E-state index is 0.507. The lowest BCUT2D eigenvalue weighted by Gasteiger charge is -2.13. The molecule has 0 aromatic heterocycles. The summed E-state index contributed by atoms with van der Waals surface area (Å²) in [5, 5.41) is 9.43. The Bertz CT molecular complexity index is 593. The molecule has 0 fully saturated rings. The number of halogens is 1. The fourth-order valence-corrected chi connectivity index (χ4v) is 2.56. The maximum absolute atomic E-state index is 11.5. The van der Waals surface area contributed by atoms with E-state index in [-0.39, 0.29) is 0 Å². The second kappa shape index (κ2) is 6.02. The average Bonchev–Trinajstić information content (AvgIpc) is 2.35. The highest BCUT2D eigenvalue weighted by Crippen LogP contribution is 2.24. The van der Waals surface area contributed by atoms with Crippen molar-refractivity contribution in [3.63, 3.8) is 0 Å². The summed E-state index contributed by atoms with van der Waals surface area (Å²) in [7, 11) is 0. The van der Waals surface area contributed by atoms with Crippen LogP contribution in [0.15, 0.2) is 53.0 Å². The van der Waals surface area contributed by atoms with Gasteiger partial charge in [0.15, 0.2) is 0 Å². The number of rotatable bonds is 4. The van der Waals surface area contributed by atoms with Crippen molar-refractivity contribution < 1.29 is 9.90 Å². The number of hydrogen-bond acceptors (Lipinski definition) is 1. The lowest BCUT2D eigenvalue weighted by Crippen LogP contribution is -2.14. The number of aliphatic carboxylic acids is 1. The lowest BCUT2D eigenvalue weighted by molar-refractivity contribution is -0.138. The van der Waals surface area contributed by atoms with Crippen LogP contribution in [0.2, 0.25) is 0 Å². The molecule has 2 rings (SSSR count). The van der Waals surface area contributed by atoms with Crippen LogP contribution in [0.25, 0.3) is 0 Å². The first kappa shape index (κ1) is 13.8. The predicted octanol–water partition coefficient (Wildman–Crippen LogP) is 4.17. The van der Waals surface area contributed by atoms with Gasteiger partial charge in [0.1, 0.15) is 0 Å². The van der Waals surface area contributed by atoms with Gasteiger partial charge in [-0.3, -0.25) is 4.79 Å². The fraction of sp³-hybridized carbons (Fsp3) is 0.188. The number of benzene rings is 2. The average molecular weight is 319 g/mol. The third-order valence-electron chi connectivity index (χ3n) is 3.07. The maximum atomic E-state index is 11.5. The van der Waals surface area contributed by atoms with Crippen LogP contribution in [0.3, 0.4) is 0 Å². The number of carbonyl (C=O) groups is 1. The summed E-state index contributed by atoms with van der Waals surface area (Å²) in [6.07, 6.45) is 0.507. The van der Waals surface area contributed by atoms with Crippen LogP contribution < -0.4 is 0 Å². The van der Waals surface area contributed by atoms with Gasteiger partial charge in [0, 0.05) is 4.47 Å². The molecule has 19 heavy (non-hydrogen) atoms. The highest BCUT2D eigenvalue weighted by atomic mass is 79.9. The van der Waals surface area contributed by atoms with E-state index in [9.17, 15) is 9.90 Å². The van der Waals surface area contributed by atoms with Crippen molar-refractivity contribution in [2.45, 2.75) is 19.3 Å². The fourth-order valence-electron chi connectivity index (χ4n) is 2.15. The molecule has 0 heterocycles. The zero-order valence-electron chi connectivity index (χ0n) is 10.6. The Labute approximate surface area is 121 Å². The summed E-state index contributed by atoms with van der Waals surface area (Å²) in [5.74, 6) is -1.31. The molecule has 0 amide bonds. The molecule has 98 valence electrons. The van der Waals surface area contributed by atoms with Gasteiger partial charge in [0.25, 0.3) is 0 Å². The maximum Gasteiger partial charge on any atom is 0.311 e.